The molecular weight excluding hydrogens is 376 g/mol. The monoisotopic (exact) mass is 402 g/mol. The molecule has 0 bridgehead atoms. The maximum atomic E-state index is 12.8. The van der Waals surface area contributed by atoms with Gasteiger partial charge in [-0.3, -0.25) is 9.59 Å². The Morgan fingerprint density at radius 2 is 1.63 bits per heavy atom. The Labute approximate surface area is 177 Å². The number of rotatable bonds is 7. The van der Waals surface area contributed by atoms with Crippen LogP contribution in [0.5, 0.6) is 5.75 Å². The van der Waals surface area contributed by atoms with E-state index in [1.807, 2.05) is 69.3 Å². The van der Waals surface area contributed by atoms with Gasteiger partial charge in [-0.25, -0.2) is 0 Å². The molecule has 0 saturated carbocycles. The summed E-state index contributed by atoms with van der Waals surface area (Å²) in [4.78, 5) is 26.8. The van der Waals surface area contributed by atoms with Crippen molar-refractivity contribution in [2.75, 3.05) is 23.4 Å². The number of carbonyl (C=O) groups excluding carboxylic acids is 2. The van der Waals surface area contributed by atoms with Crippen LogP contribution in [0.3, 0.4) is 0 Å². The van der Waals surface area contributed by atoms with Crippen molar-refractivity contribution in [3.8, 4) is 5.75 Å². The fourth-order valence-corrected chi connectivity index (χ4v) is 3.11. The molecule has 0 aromatic heterocycles. The Morgan fingerprint density at radius 3 is 2.30 bits per heavy atom. The Morgan fingerprint density at radius 1 is 0.933 bits per heavy atom. The molecule has 5 nitrogen and oxygen atoms in total. The van der Waals surface area contributed by atoms with Gasteiger partial charge in [-0.2, -0.15) is 0 Å². The van der Waals surface area contributed by atoms with E-state index in [-0.39, 0.29) is 18.4 Å². The number of amides is 2. The van der Waals surface area contributed by atoms with E-state index < -0.39 is 0 Å². The molecule has 0 saturated heterocycles. The lowest BCUT2D eigenvalue weighted by Gasteiger charge is -2.21. The molecule has 0 aliphatic carbocycles. The maximum absolute atomic E-state index is 12.8. The normalized spacial score (nSPS) is 10.4. The molecule has 154 valence electrons. The fourth-order valence-electron chi connectivity index (χ4n) is 3.11. The Balaban J connectivity index is 1.60. The van der Waals surface area contributed by atoms with Crippen LogP contribution < -0.4 is 15.0 Å². The van der Waals surface area contributed by atoms with Crippen LogP contribution in [0.1, 0.15) is 28.4 Å². The van der Waals surface area contributed by atoms with Gasteiger partial charge in [0.05, 0.1) is 0 Å². The topological polar surface area (TPSA) is 58.6 Å². The quantitative estimate of drug-likeness (QED) is 0.606. The number of aryl methyl sites for hydroxylation is 2. The van der Waals surface area contributed by atoms with Gasteiger partial charge in [0.15, 0.2) is 6.61 Å². The molecule has 0 fully saturated rings. The molecule has 3 aromatic rings. The maximum Gasteiger partial charge on any atom is 0.262 e. The number of carbonyl (C=O) groups is 2. The van der Waals surface area contributed by atoms with Crippen molar-refractivity contribution in [2.24, 2.45) is 0 Å². The number of hydrogen-bond acceptors (Lipinski definition) is 3. The largest absolute Gasteiger partial charge is 0.483 e. The average molecular weight is 402 g/mol. The van der Waals surface area contributed by atoms with Crippen LogP contribution in [0.25, 0.3) is 0 Å². The molecule has 0 heterocycles. The molecule has 5 heteroatoms. The molecular formula is C25H26N2O3. The summed E-state index contributed by atoms with van der Waals surface area (Å²) >= 11 is 0. The highest BCUT2D eigenvalue weighted by molar-refractivity contribution is 6.06. The SMILES string of the molecule is CCN(C(=O)c1ccc(NC(=O)COc2cc(C)ccc2C)cc1)c1ccccc1. The lowest BCUT2D eigenvalue weighted by atomic mass is 10.1. The minimum atomic E-state index is -0.255. The molecule has 0 radical (unpaired) electrons. The van der Waals surface area contributed by atoms with Crippen molar-refractivity contribution in [2.45, 2.75) is 20.8 Å². The Hall–Kier alpha value is -3.60. The average Bonchev–Trinajstić information content (AvgIpc) is 2.76. The van der Waals surface area contributed by atoms with Crippen LogP contribution in [0.15, 0.2) is 72.8 Å². The summed E-state index contributed by atoms with van der Waals surface area (Å²) < 4.78 is 5.64. The van der Waals surface area contributed by atoms with Crippen LogP contribution in [-0.2, 0) is 4.79 Å². The second-order valence-corrected chi connectivity index (χ2v) is 7.07. The van der Waals surface area contributed by atoms with Crippen molar-refractivity contribution in [3.05, 3.63) is 89.5 Å². The van der Waals surface area contributed by atoms with Gasteiger partial charge in [0.2, 0.25) is 0 Å². The summed E-state index contributed by atoms with van der Waals surface area (Å²) in [6.07, 6.45) is 0. The Kier molecular flexibility index (Phi) is 6.86. The minimum Gasteiger partial charge on any atom is -0.483 e. The fraction of sp³-hybridized carbons (Fsp3) is 0.200. The highest BCUT2D eigenvalue weighted by atomic mass is 16.5. The number of anilines is 2. The van der Waals surface area contributed by atoms with E-state index in [1.54, 1.807) is 29.2 Å². The third kappa shape index (κ3) is 5.26. The number of hydrogen-bond donors (Lipinski definition) is 1. The molecule has 30 heavy (non-hydrogen) atoms. The van der Waals surface area contributed by atoms with Gasteiger partial charge in [0, 0.05) is 23.5 Å². The second kappa shape index (κ2) is 9.74. The molecule has 2 amide bonds. The van der Waals surface area contributed by atoms with E-state index in [0.29, 0.717) is 23.5 Å². The summed E-state index contributed by atoms with van der Waals surface area (Å²) in [5, 5.41) is 2.80. The first-order chi connectivity index (χ1) is 14.5. The molecule has 3 aromatic carbocycles. The predicted octanol–water partition coefficient (Wildman–Crippen LogP) is 4.99. The highest BCUT2D eigenvalue weighted by Gasteiger charge is 2.16. The van der Waals surface area contributed by atoms with Crippen LogP contribution >= 0.6 is 0 Å². The van der Waals surface area contributed by atoms with E-state index in [4.69, 9.17) is 4.74 Å². The van der Waals surface area contributed by atoms with E-state index >= 15 is 0 Å². The van der Waals surface area contributed by atoms with Gasteiger partial charge in [-0.05, 0) is 74.4 Å². The molecule has 0 aliphatic heterocycles. The molecule has 0 spiro atoms. The summed E-state index contributed by atoms with van der Waals surface area (Å²) in [7, 11) is 0. The van der Waals surface area contributed by atoms with Crippen LogP contribution in [0.2, 0.25) is 0 Å². The van der Waals surface area contributed by atoms with Crippen molar-refractivity contribution in [3.63, 3.8) is 0 Å². The third-order valence-electron chi connectivity index (χ3n) is 4.75. The first kappa shape index (κ1) is 21.1. The highest BCUT2D eigenvalue weighted by Crippen LogP contribution is 2.20. The Bertz CT molecular complexity index is 1010. The van der Waals surface area contributed by atoms with E-state index in [0.717, 1.165) is 16.8 Å². The third-order valence-corrected chi connectivity index (χ3v) is 4.75. The number of nitrogens with one attached hydrogen (secondary N) is 1. The van der Waals surface area contributed by atoms with E-state index in [2.05, 4.69) is 5.32 Å². The number of ether oxygens (including phenoxy) is 1. The lowest BCUT2D eigenvalue weighted by Crippen LogP contribution is -2.30. The smallest absolute Gasteiger partial charge is 0.262 e. The van der Waals surface area contributed by atoms with Gasteiger partial charge in [-0.1, -0.05) is 30.3 Å². The number of para-hydroxylation sites is 1. The first-order valence-electron chi connectivity index (χ1n) is 9.95. The van der Waals surface area contributed by atoms with Crippen molar-refractivity contribution in [1.82, 2.24) is 0 Å². The predicted molar refractivity (Wildman–Crippen MR) is 120 cm³/mol. The second-order valence-electron chi connectivity index (χ2n) is 7.07. The van der Waals surface area contributed by atoms with E-state index in [1.165, 1.54) is 0 Å². The van der Waals surface area contributed by atoms with Gasteiger partial charge in [0.25, 0.3) is 11.8 Å². The van der Waals surface area contributed by atoms with Crippen LogP contribution in [-0.4, -0.2) is 25.0 Å². The van der Waals surface area contributed by atoms with Crippen molar-refractivity contribution < 1.29 is 14.3 Å². The molecule has 0 unspecified atom stereocenters. The van der Waals surface area contributed by atoms with Crippen molar-refractivity contribution >= 4 is 23.2 Å². The summed E-state index contributed by atoms with van der Waals surface area (Å²) in [5.74, 6) is 0.362. The van der Waals surface area contributed by atoms with Crippen LogP contribution in [0, 0.1) is 13.8 Å². The molecule has 0 aliphatic rings. The summed E-state index contributed by atoms with van der Waals surface area (Å²) in [6.45, 7) is 6.35. The zero-order valence-electron chi connectivity index (χ0n) is 17.5. The van der Waals surface area contributed by atoms with Crippen LogP contribution in [0.4, 0.5) is 11.4 Å². The molecule has 1 N–H and O–H groups in total. The molecule has 3 rings (SSSR count). The van der Waals surface area contributed by atoms with Crippen molar-refractivity contribution in [1.29, 1.82) is 0 Å². The summed E-state index contributed by atoms with van der Waals surface area (Å²) in [5.41, 5.74) is 4.09. The number of nitrogens with zero attached hydrogens (tertiary/aromatic N) is 1. The minimum absolute atomic E-state index is 0.0808. The van der Waals surface area contributed by atoms with Gasteiger partial charge in [0.1, 0.15) is 5.75 Å². The number of benzene rings is 3. The van der Waals surface area contributed by atoms with Gasteiger partial charge >= 0.3 is 0 Å². The van der Waals surface area contributed by atoms with Gasteiger partial charge in [-0.15, -0.1) is 0 Å². The van der Waals surface area contributed by atoms with E-state index in [9.17, 15) is 9.59 Å². The zero-order chi connectivity index (χ0) is 21.5. The molecule has 0 atom stereocenters. The first-order valence-corrected chi connectivity index (χ1v) is 9.95. The standard InChI is InChI=1S/C25H26N2O3/c1-4-27(22-8-6-5-7-9-22)25(29)20-12-14-21(15-13-20)26-24(28)17-30-23-16-18(2)10-11-19(23)3/h5-16H,4,17H2,1-3H3,(H,26,28). The summed E-state index contributed by atoms with van der Waals surface area (Å²) in [6, 6.07) is 22.3. The zero-order valence-corrected chi connectivity index (χ0v) is 17.5. The lowest BCUT2D eigenvalue weighted by molar-refractivity contribution is -0.118. The van der Waals surface area contributed by atoms with Gasteiger partial charge < -0.3 is 15.0 Å².